The highest BCUT2D eigenvalue weighted by Gasteiger charge is 2.47. The number of rotatable bonds is 3. The molecule has 1 saturated heterocycles. The van der Waals surface area contributed by atoms with E-state index in [1.165, 1.54) is 12.8 Å². The number of amides is 1. The molecule has 0 bridgehead atoms. The summed E-state index contributed by atoms with van der Waals surface area (Å²) in [5.74, 6) is 0.0742. The van der Waals surface area contributed by atoms with E-state index < -0.39 is 5.54 Å². The third-order valence-electron chi connectivity index (χ3n) is 3.86. The van der Waals surface area contributed by atoms with Crippen LogP contribution in [0.25, 0.3) is 0 Å². The lowest BCUT2D eigenvalue weighted by molar-refractivity contribution is -0.123. The molecule has 84 valence electrons. The molecule has 3 fully saturated rings. The van der Waals surface area contributed by atoms with Crippen molar-refractivity contribution in [3.05, 3.63) is 0 Å². The maximum atomic E-state index is 11.7. The van der Waals surface area contributed by atoms with E-state index >= 15 is 0 Å². The fraction of sp³-hybridized carbons (Fsp3) is 0.909. The second-order valence-corrected chi connectivity index (χ2v) is 5.34. The van der Waals surface area contributed by atoms with Crippen molar-refractivity contribution in [1.82, 2.24) is 10.2 Å². The summed E-state index contributed by atoms with van der Waals surface area (Å²) >= 11 is 0. The topological polar surface area (TPSA) is 58.4 Å². The molecule has 1 aliphatic heterocycles. The first kappa shape index (κ1) is 9.60. The fourth-order valence-corrected chi connectivity index (χ4v) is 2.37. The lowest BCUT2D eigenvalue weighted by atomic mass is 10.2. The van der Waals surface area contributed by atoms with Gasteiger partial charge < -0.3 is 11.1 Å². The van der Waals surface area contributed by atoms with Gasteiger partial charge >= 0.3 is 0 Å². The van der Waals surface area contributed by atoms with E-state index in [1.807, 2.05) is 0 Å². The van der Waals surface area contributed by atoms with Crippen molar-refractivity contribution in [1.29, 1.82) is 0 Å². The summed E-state index contributed by atoms with van der Waals surface area (Å²) in [6, 6.07) is 1.17. The van der Waals surface area contributed by atoms with Gasteiger partial charge in [0.25, 0.3) is 0 Å². The van der Waals surface area contributed by atoms with Gasteiger partial charge in [-0.25, -0.2) is 0 Å². The molecule has 4 nitrogen and oxygen atoms in total. The van der Waals surface area contributed by atoms with Gasteiger partial charge in [-0.1, -0.05) is 0 Å². The van der Waals surface area contributed by atoms with Gasteiger partial charge in [0.05, 0.1) is 5.54 Å². The quantitative estimate of drug-likeness (QED) is 0.678. The second-order valence-electron chi connectivity index (χ2n) is 5.34. The van der Waals surface area contributed by atoms with E-state index in [4.69, 9.17) is 5.73 Å². The SMILES string of the molecule is NC1(C(=O)NC2CCN(C3CC3)C2)CC1. The molecule has 0 radical (unpaired) electrons. The van der Waals surface area contributed by atoms with Crippen LogP contribution >= 0.6 is 0 Å². The largest absolute Gasteiger partial charge is 0.350 e. The zero-order valence-electron chi connectivity index (χ0n) is 9.04. The summed E-state index contributed by atoms with van der Waals surface area (Å²) in [5.41, 5.74) is 5.34. The van der Waals surface area contributed by atoms with Crippen LogP contribution in [0.3, 0.4) is 0 Å². The molecule has 3 N–H and O–H groups in total. The van der Waals surface area contributed by atoms with Crippen molar-refractivity contribution >= 4 is 5.91 Å². The zero-order valence-corrected chi connectivity index (χ0v) is 9.04. The Morgan fingerprint density at radius 1 is 1.33 bits per heavy atom. The first-order chi connectivity index (χ1) is 7.17. The van der Waals surface area contributed by atoms with Crippen LogP contribution in [-0.4, -0.2) is 41.5 Å². The molecule has 1 unspecified atom stereocenters. The Labute approximate surface area is 90.2 Å². The van der Waals surface area contributed by atoms with Crippen LogP contribution in [0.1, 0.15) is 32.1 Å². The smallest absolute Gasteiger partial charge is 0.240 e. The second kappa shape index (κ2) is 3.19. The van der Waals surface area contributed by atoms with Crippen LogP contribution in [0.15, 0.2) is 0 Å². The number of nitrogens with two attached hydrogens (primary N) is 1. The van der Waals surface area contributed by atoms with Gasteiger partial charge in [0.1, 0.15) is 0 Å². The molecule has 0 aromatic carbocycles. The number of likely N-dealkylation sites (tertiary alicyclic amines) is 1. The minimum absolute atomic E-state index is 0.0742. The summed E-state index contributed by atoms with van der Waals surface area (Å²) in [6.45, 7) is 2.18. The van der Waals surface area contributed by atoms with Gasteiger partial charge in [-0.2, -0.15) is 0 Å². The molecule has 3 aliphatic rings. The highest BCUT2D eigenvalue weighted by molar-refractivity contribution is 5.89. The number of carbonyl (C=O) groups excluding carboxylic acids is 1. The van der Waals surface area contributed by atoms with Crippen LogP contribution in [0.2, 0.25) is 0 Å². The van der Waals surface area contributed by atoms with Gasteiger partial charge in [0.15, 0.2) is 0 Å². The fourth-order valence-electron chi connectivity index (χ4n) is 2.37. The van der Waals surface area contributed by atoms with Crippen LogP contribution in [0, 0.1) is 0 Å². The Morgan fingerprint density at radius 3 is 2.67 bits per heavy atom. The normalized spacial score (nSPS) is 34.1. The molecule has 0 aromatic rings. The van der Waals surface area contributed by atoms with Gasteiger partial charge in [0.2, 0.25) is 5.91 Å². The van der Waals surface area contributed by atoms with Crippen molar-refractivity contribution < 1.29 is 4.79 Å². The molecule has 0 spiro atoms. The number of nitrogens with zero attached hydrogens (tertiary/aromatic N) is 1. The van der Waals surface area contributed by atoms with E-state index in [2.05, 4.69) is 10.2 Å². The molecule has 1 amide bonds. The molecule has 2 aliphatic carbocycles. The Kier molecular flexibility index (Phi) is 2.04. The van der Waals surface area contributed by atoms with Crippen molar-refractivity contribution in [2.45, 2.75) is 49.7 Å². The average Bonchev–Trinajstić information content (AvgIpc) is 3.11. The minimum atomic E-state index is -0.507. The molecule has 0 aromatic heterocycles. The van der Waals surface area contributed by atoms with Gasteiger partial charge in [-0.05, 0) is 32.1 Å². The number of carbonyl (C=O) groups is 1. The summed E-state index contributed by atoms with van der Waals surface area (Å²) in [4.78, 5) is 14.2. The summed E-state index contributed by atoms with van der Waals surface area (Å²) in [7, 11) is 0. The third-order valence-corrected chi connectivity index (χ3v) is 3.86. The summed E-state index contributed by atoms with van der Waals surface area (Å²) in [6.07, 6.45) is 5.51. The average molecular weight is 209 g/mol. The molecule has 15 heavy (non-hydrogen) atoms. The van der Waals surface area contributed by atoms with Crippen LogP contribution in [0.5, 0.6) is 0 Å². The van der Waals surface area contributed by atoms with Gasteiger partial charge in [-0.3, -0.25) is 9.69 Å². The molecule has 1 atom stereocenters. The van der Waals surface area contributed by atoms with Crippen LogP contribution < -0.4 is 11.1 Å². The van der Waals surface area contributed by atoms with Crippen molar-refractivity contribution in [3.63, 3.8) is 0 Å². The Bertz CT molecular complexity index is 284. The van der Waals surface area contributed by atoms with Crippen LogP contribution in [-0.2, 0) is 4.79 Å². The Balaban J connectivity index is 1.50. The lowest BCUT2D eigenvalue weighted by Gasteiger charge is -2.17. The molecular weight excluding hydrogens is 190 g/mol. The molecule has 3 rings (SSSR count). The highest BCUT2D eigenvalue weighted by Crippen LogP contribution is 2.33. The zero-order chi connectivity index (χ0) is 10.5. The number of hydrogen-bond acceptors (Lipinski definition) is 3. The first-order valence-electron chi connectivity index (χ1n) is 6.01. The monoisotopic (exact) mass is 209 g/mol. The van der Waals surface area contributed by atoms with Gasteiger partial charge in [-0.15, -0.1) is 0 Å². The summed E-state index contributed by atoms with van der Waals surface area (Å²) < 4.78 is 0. The van der Waals surface area contributed by atoms with Crippen molar-refractivity contribution in [2.24, 2.45) is 5.73 Å². The van der Waals surface area contributed by atoms with E-state index in [9.17, 15) is 4.79 Å². The lowest BCUT2D eigenvalue weighted by Crippen LogP contribution is -2.48. The summed E-state index contributed by atoms with van der Waals surface area (Å²) in [5, 5.41) is 3.09. The minimum Gasteiger partial charge on any atom is -0.350 e. The Hall–Kier alpha value is -0.610. The number of hydrogen-bond donors (Lipinski definition) is 2. The predicted molar refractivity (Wildman–Crippen MR) is 57.3 cm³/mol. The molecule has 1 heterocycles. The number of nitrogens with one attached hydrogen (secondary N) is 1. The maximum absolute atomic E-state index is 11.7. The van der Waals surface area contributed by atoms with E-state index in [0.717, 1.165) is 38.4 Å². The van der Waals surface area contributed by atoms with Gasteiger partial charge in [0, 0.05) is 25.2 Å². The molecular formula is C11H19N3O. The Morgan fingerprint density at radius 2 is 2.07 bits per heavy atom. The molecule has 4 heteroatoms. The van der Waals surface area contributed by atoms with E-state index in [0.29, 0.717) is 6.04 Å². The van der Waals surface area contributed by atoms with Crippen LogP contribution in [0.4, 0.5) is 0 Å². The molecule has 2 saturated carbocycles. The van der Waals surface area contributed by atoms with E-state index in [1.54, 1.807) is 0 Å². The predicted octanol–water partition coefficient (Wildman–Crippen LogP) is -0.169. The van der Waals surface area contributed by atoms with E-state index in [-0.39, 0.29) is 5.91 Å². The highest BCUT2D eigenvalue weighted by atomic mass is 16.2. The first-order valence-corrected chi connectivity index (χ1v) is 6.01. The van der Waals surface area contributed by atoms with Crippen molar-refractivity contribution in [3.8, 4) is 0 Å². The standard InChI is InChI=1S/C11H19N3O/c12-11(4-5-11)10(15)13-8-3-6-14(7-8)9-1-2-9/h8-9H,1-7,12H2,(H,13,15). The maximum Gasteiger partial charge on any atom is 0.240 e. The van der Waals surface area contributed by atoms with Crippen molar-refractivity contribution in [2.75, 3.05) is 13.1 Å². The third kappa shape index (κ3) is 1.88.